The summed E-state index contributed by atoms with van der Waals surface area (Å²) in [4.78, 5) is 13.2. The van der Waals surface area contributed by atoms with Crippen LogP contribution in [0.4, 0.5) is 5.69 Å². The molecule has 0 aliphatic rings. The van der Waals surface area contributed by atoms with Gasteiger partial charge in [0.05, 0.1) is 23.4 Å². The van der Waals surface area contributed by atoms with Crippen molar-refractivity contribution in [3.8, 4) is 12.1 Å². The molecule has 1 aromatic carbocycles. The number of nitrogens with one attached hydrogen (secondary N) is 1. The van der Waals surface area contributed by atoms with Crippen molar-refractivity contribution < 1.29 is 4.79 Å². The Kier molecular flexibility index (Phi) is 4.49. The second-order valence-electron chi connectivity index (χ2n) is 3.17. The molecular formula is C11H11N5O. The van der Waals surface area contributed by atoms with Gasteiger partial charge in [0.1, 0.15) is 13.1 Å². The molecule has 0 radical (unpaired) electrons. The summed E-state index contributed by atoms with van der Waals surface area (Å²) in [5.41, 5.74) is 3.19. The van der Waals surface area contributed by atoms with E-state index in [1.54, 1.807) is 24.3 Å². The highest BCUT2D eigenvalue weighted by atomic mass is 16.2. The summed E-state index contributed by atoms with van der Waals surface area (Å²) in [7, 11) is 0. The Balaban J connectivity index is 3.02. The van der Waals surface area contributed by atoms with E-state index in [1.165, 1.54) is 0 Å². The van der Waals surface area contributed by atoms with Crippen LogP contribution in [-0.4, -0.2) is 23.9 Å². The van der Waals surface area contributed by atoms with Crippen molar-refractivity contribution in [2.45, 2.75) is 0 Å². The molecule has 0 spiro atoms. The molecule has 0 unspecified atom stereocenters. The van der Waals surface area contributed by atoms with Gasteiger partial charge in [0.2, 0.25) is 0 Å². The Morgan fingerprint density at radius 2 is 1.88 bits per heavy atom. The van der Waals surface area contributed by atoms with Gasteiger partial charge in [-0.3, -0.25) is 10.6 Å². The summed E-state index contributed by atoms with van der Waals surface area (Å²) < 4.78 is 0. The normalized spacial score (nSPS) is 8.88. The van der Waals surface area contributed by atoms with E-state index in [-0.39, 0.29) is 13.1 Å². The summed E-state index contributed by atoms with van der Waals surface area (Å²) in [6.45, 7) is -0.267. The maximum absolute atomic E-state index is 12.0. The molecule has 17 heavy (non-hydrogen) atoms. The van der Waals surface area contributed by atoms with Gasteiger partial charge in [-0.2, -0.15) is 10.5 Å². The van der Waals surface area contributed by atoms with Gasteiger partial charge in [-0.25, -0.2) is 0 Å². The van der Waals surface area contributed by atoms with Gasteiger partial charge in [-0.05, 0) is 12.1 Å². The van der Waals surface area contributed by atoms with Gasteiger partial charge >= 0.3 is 0 Å². The Hall–Kier alpha value is -2.57. The predicted molar refractivity (Wildman–Crippen MR) is 61.4 cm³/mol. The van der Waals surface area contributed by atoms with Crippen LogP contribution in [0.5, 0.6) is 0 Å². The van der Waals surface area contributed by atoms with Crippen LogP contribution in [0.2, 0.25) is 0 Å². The zero-order chi connectivity index (χ0) is 12.7. The SMILES string of the molecule is N#CCN(CC#N)C(=O)c1ccccc1NN. The minimum atomic E-state index is -0.401. The minimum absolute atomic E-state index is 0.134. The van der Waals surface area contributed by atoms with Crippen LogP contribution in [0, 0.1) is 22.7 Å². The maximum Gasteiger partial charge on any atom is 0.257 e. The molecule has 0 heterocycles. The number of carbonyl (C=O) groups excluding carboxylic acids is 1. The molecule has 3 N–H and O–H groups in total. The first-order valence-electron chi connectivity index (χ1n) is 4.83. The van der Waals surface area contributed by atoms with E-state index in [2.05, 4.69) is 5.43 Å². The Bertz CT molecular complexity index is 469. The third-order valence-corrected chi connectivity index (χ3v) is 2.12. The highest BCUT2D eigenvalue weighted by molar-refractivity contribution is 5.99. The van der Waals surface area contributed by atoms with Crippen LogP contribution in [0.3, 0.4) is 0 Å². The number of para-hydroxylation sites is 1. The van der Waals surface area contributed by atoms with Crippen LogP contribution in [0.15, 0.2) is 24.3 Å². The average Bonchev–Trinajstić information content (AvgIpc) is 2.37. The van der Waals surface area contributed by atoms with Crippen molar-refractivity contribution in [3.63, 3.8) is 0 Å². The van der Waals surface area contributed by atoms with Gasteiger partial charge in [0.25, 0.3) is 5.91 Å². The van der Waals surface area contributed by atoms with Crippen molar-refractivity contribution in [3.05, 3.63) is 29.8 Å². The zero-order valence-corrected chi connectivity index (χ0v) is 9.05. The fourth-order valence-electron chi connectivity index (χ4n) is 1.34. The molecule has 0 bridgehead atoms. The van der Waals surface area contributed by atoms with E-state index in [0.29, 0.717) is 11.3 Å². The summed E-state index contributed by atoms with van der Waals surface area (Å²) in [5.74, 6) is 4.88. The van der Waals surface area contributed by atoms with Crippen molar-refractivity contribution in [1.29, 1.82) is 10.5 Å². The molecule has 0 fully saturated rings. The lowest BCUT2D eigenvalue weighted by Gasteiger charge is -2.17. The summed E-state index contributed by atoms with van der Waals surface area (Å²) in [6, 6.07) is 10.3. The van der Waals surface area contributed by atoms with Crippen LogP contribution in [-0.2, 0) is 0 Å². The molecule has 0 aliphatic heterocycles. The van der Waals surface area contributed by atoms with E-state index in [1.807, 2.05) is 12.1 Å². The number of anilines is 1. The molecule has 86 valence electrons. The molecule has 1 aromatic rings. The van der Waals surface area contributed by atoms with E-state index >= 15 is 0 Å². The average molecular weight is 229 g/mol. The second-order valence-corrected chi connectivity index (χ2v) is 3.17. The monoisotopic (exact) mass is 229 g/mol. The van der Waals surface area contributed by atoms with Crippen LogP contribution < -0.4 is 11.3 Å². The van der Waals surface area contributed by atoms with Gasteiger partial charge in [-0.15, -0.1) is 0 Å². The molecule has 6 nitrogen and oxygen atoms in total. The quantitative estimate of drug-likeness (QED) is 0.443. The summed E-state index contributed by atoms with van der Waals surface area (Å²) >= 11 is 0. The highest BCUT2D eigenvalue weighted by Gasteiger charge is 2.17. The van der Waals surface area contributed by atoms with Crippen LogP contribution in [0.25, 0.3) is 0 Å². The number of nitrogen functional groups attached to an aromatic ring is 1. The van der Waals surface area contributed by atoms with E-state index in [9.17, 15) is 4.79 Å². The van der Waals surface area contributed by atoms with E-state index < -0.39 is 5.91 Å². The zero-order valence-electron chi connectivity index (χ0n) is 9.05. The number of nitriles is 2. The number of hydrazine groups is 1. The second kappa shape index (κ2) is 6.11. The Labute approximate surface area is 98.8 Å². The molecule has 6 heteroatoms. The van der Waals surface area contributed by atoms with Crippen LogP contribution in [0.1, 0.15) is 10.4 Å². The fraction of sp³-hybridized carbons (Fsp3) is 0.182. The molecule has 1 rings (SSSR count). The number of rotatable bonds is 4. The van der Waals surface area contributed by atoms with E-state index in [4.69, 9.17) is 16.4 Å². The van der Waals surface area contributed by atoms with Gasteiger partial charge < -0.3 is 10.3 Å². The highest BCUT2D eigenvalue weighted by Crippen LogP contribution is 2.15. The molecule has 0 atom stereocenters. The smallest absolute Gasteiger partial charge is 0.257 e. The number of nitrogens with zero attached hydrogens (tertiary/aromatic N) is 3. The molecule has 1 amide bonds. The fourth-order valence-corrected chi connectivity index (χ4v) is 1.34. The third-order valence-electron chi connectivity index (χ3n) is 2.12. The van der Waals surface area contributed by atoms with Gasteiger partial charge in [0, 0.05) is 0 Å². The Morgan fingerprint density at radius 3 is 2.41 bits per heavy atom. The van der Waals surface area contributed by atoms with Crippen LogP contribution >= 0.6 is 0 Å². The Morgan fingerprint density at radius 1 is 1.29 bits per heavy atom. The predicted octanol–water partition coefficient (Wildman–Crippen LogP) is 0.462. The molecule has 0 saturated carbocycles. The molecule has 0 aromatic heterocycles. The number of benzene rings is 1. The van der Waals surface area contributed by atoms with Gasteiger partial charge in [-0.1, -0.05) is 12.1 Å². The number of nitrogens with two attached hydrogens (primary N) is 1. The molecule has 0 aliphatic carbocycles. The number of amides is 1. The van der Waals surface area contributed by atoms with Crippen molar-refractivity contribution in [2.75, 3.05) is 18.5 Å². The lowest BCUT2D eigenvalue weighted by molar-refractivity contribution is 0.0795. The number of hydrogen-bond donors (Lipinski definition) is 2. The van der Waals surface area contributed by atoms with Crippen molar-refractivity contribution in [2.24, 2.45) is 5.84 Å². The topological polar surface area (TPSA) is 106 Å². The first-order chi connectivity index (χ1) is 8.24. The summed E-state index contributed by atoms with van der Waals surface area (Å²) in [6.07, 6.45) is 0. The third kappa shape index (κ3) is 2.94. The summed E-state index contributed by atoms with van der Waals surface area (Å²) in [5, 5.41) is 17.2. The standard InChI is InChI=1S/C11H11N5O/c12-5-7-16(8-6-13)11(17)9-3-1-2-4-10(9)15-14/h1-4,15H,7-8,14H2. The number of hydrogen-bond acceptors (Lipinski definition) is 5. The molecular weight excluding hydrogens is 218 g/mol. The largest absolute Gasteiger partial charge is 0.323 e. The minimum Gasteiger partial charge on any atom is -0.323 e. The van der Waals surface area contributed by atoms with E-state index in [0.717, 1.165) is 4.90 Å². The van der Waals surface area contributed by atoms with Gasteiger partial charge in [0.15, 0.2) is 0 Å². The number of carbonyl (C=O) groups is 1. The first kappa shape index (κ1) is 12.5. The van der Waals surface area contributed by atoms with Crippen molar-refractivity contribution >= 4 is 11.6 Å². The molecule has 0 saturated heterocycles. The lowest BCUT2D eigenvalue weighted by atomic mass is 10.1. The van der Waals surface area contributed by atoms with Crippen molar-refractivity contribution in [1.82, 2.24) is 4.90 Å². The maximum atomic E-state index is 12.0. The lowest BCUT2D eigenvalue weighted by Crippen LogP contribution is -2.32. The first-order valence-corrected chi connectivity index (χ1v) is 4.83.